The Bertz CT molecular complexity index is 3980. The normalized spacial score (nSPS) is 11.5. The molecule has 9 aromatic carbocycles. The number of rotatable bonds is 6. The van der Waals surface area contributed by atoms with E-state index in [1.54, 1.807) is 31.2 Å². The van der Waals surface area contributed by atoms with Crippen LogP contribution in [0.15, 0.2) is 188 Å². The predicted octanol–water partition coefficient (Wildman–Crippen LogP) is 16.2. The summed E-state index contributed by atoms with van der Waals surface area (Å²) in [6, 6.07) is 63.3. The number of halogens is 3. The zero-order chi connectivity index (χ0) is 46.0. The molecule has 0 bridgehead atoms. The van der Waals surface area contributed by atoms with E-state index in [9.17, 15) is 23.7 Å². The maximum Gasteiger partial charge on any atom is 0.416 e. The lowest BCUT2D eigenvalue weighted by Crippen LogP contribution is -2.06. The highest BCUT2D eigenvalue weighted by Gasteiger charge is 2.32. The first kappa shape index (κ1) is 40.6. The summed E-state index contributed by atoms with van der Waals surface area (Å²) in [4.78, 5) is 4.16. The van der Waals surface area contributed by atoms with Crippen molar-refractivity contribution in [2.45, 2.75) is 13.1 Å². The van der Waals surface area contributed by atoms with Gasteiger partial charge in [-0.3, -0.25) is 0 Å². The molecule has 0 atom stereocenters. The summed E-state index contributed by atoms with van der Waals surface area (Å²) < 4.78 is 48.4. The van der Waals surface area contributed by atoms with Crippen molar-refractivity contribution in [2.75, 3.05) is 0 Å². The second-order valence-electron chi connectivity index (χ2n) is 16.6. The highest BCUT2D eigenvalue weighted by atomic mass is 19.4. The van der Waals surface area contributed by atoms with E-state index in [1.807, 2.05) is 133 Å². The fraction of sp³-hybridized carbons (Fsp3) is 0.0339. The first-order valence-corrected chi connectivity index (χ1v) is 21.6. The van der Waals surface area contributed by atoms with Crippen molar-refractivity contribution in [3.63, 3.8) is 0 Å². The number of nitriles is 2. The van der Waals surface area contributed by atoms with Crippen LogP contribution in [0.1, 0.15) is 22.3 Å². The van der Waals surface area contributed by atoms with Crippen molar-refractivity contribution in [2.24, 2.45) is 0 Å². The number of nitrogens with zero attached hydrogens (tertiary/aromatic N) is 5. The Morgan fingerprint density at radius 3 is 1.48 bits per heavy atom. The molecule has 0 fully saturated rings. The summed E-state index contributed by atoms with van der Waals surface area (Å²) in [5.41, 5.74) is 11.2. The van der Waals surface area contributed by atoms with Crippen LogP contribution in [0.4, 0.5) is 18.9 Å². The zero-order valence-electron chi connectivity index (χ0n) is 35.8. The van der Waals surface area contributed by atoms with Crippen molar-refractivity contribution in [3.05, 3.63) is 222 Å². The summed E-state index contributed by atoms with van der Waals surface area (Å²) in [6.45, 7) is 10.4. The maximum atomic E-state index is 14.7. The molecule has 0 aliphatic heterocycles. The number of para-hydroxylation sites is 2. The molecular weight excluding hydrogens is 836 g/mol. The molecule has 0 spiro atoms. The number of alkyl halides is 3. The third kappa shape index (κ3) is 6.61. The average Bonchev–Trinajstić information content (AvgIpc) is 3.87. The minimum Gasteiger partial charge on any atom is -0.310 e. The van der Waals surface area contributed by atoms with Crippen molar-refractivity contribution < 1.29 is 13.2 Å². The molecule has 0 aliphatic carbocycles. The van der Waals surface area contributed by atoms with Crippen LogP contribution in [-0.2, 0) is 6.18 Å². The lowest BCUT2D eigenvalue weighted by molar-refractivity contribution is -0.137. The van der Waals surface area contributed by atoms with Gasteiger partial charge in [0.25, 0.3) is 0 Å². The van der Waals surface area contributed by atoms with Gasteiger partial charge in [-0.05, 0) is 119 Å². The second kappa shape index (κ2) is 15.8. The number of hydrogen-bond acceptors (Lipinski definition) is 2. The molecule has 0 unspecified atom stereocenters. The third-order valence-corrected chi connectivity index (χ3v) is 12.7. The largest absolute Gasteiger partial charge is 0.416 e. The van der Waals surface area contributed by atoms with Gasteiger partial charge < -0.3 is 9.13 Å². The van der Waals surface area contributed by atoms with Gasteiger partial charge in [0.05, 0.1) is 63.2 Å². The molecular formula is C59H34F3N5. The van der Waals surface area contributed by atoms with Crippen molar-refractivity contribution >= 4 is 49.3 Å². The minimum absolute atomic E-state index is 0.316. The monoisotopic (exact) mass is 869 g/mol. The Labute approximate surface area is 383 Å². The number of fused-ring (bicyclic) bond motifs is 6. The quantitative estimate of drug-likeness (QED) is 0.156. The smallest absolute Gasteiger partial charge is 0.310 e. The minimum atomic E-state index is -4.61. The lowest BCUT2D eigenvalue weighted by Gasteiger charge is -2.23. The summed E-state index contributed by atoms with van der Waals surface area (Å²) in [7, 11) is 0. The van der Waals surface area contributed by atoms with E-state index in [2.05, 4.69) is 44.3 Å². The fourth-order valence-electron chi connectivity index (χ4n) is 9.86. The average molecular weight is 870 g/mol. The zero-order valence-corrected chi connectivity index (χ0v) is 35.8. The molecule has 8 heteroatoms. The van der Waals surface area contributed by atoms with Gasteiger partial charge in [0.1, 0.15) is 0 Å². The summed E-state index contributed by atoms with van der Waals surface area (Å²) >= 11 is 0. The Balaban J connectivity index is 1.26. The maximum absolute atomic E-state index is 14.7. The van der Waals surface area contributed by atoms with E-state index in [1.165, 1.54) is 6.07 Å². The van der Waals surface area contributed by atoms with Gasteiger partial charge in [0.15, 0.2) is 5.69 Å². The molecule has 2 heterocycles. The van der Waals surface area contributed by atoms with Gasteiger partial charge in [-0.15, -0.1) is 0 Å². The molecule has 0 amide bonds. The van der Waals surface area contributed by atoms with Crippen LogP contribution >= 0.6 is 0 Å². The standard InChI is InChI=1S/C59H34F3N5/c1-36-29-41(31-42(30-36)59(60,61)62)45-19-11-23-55(66-51-21-9-7-17-46(51)48-32-37(25-27-53(48)66)43-15-5-3-13-39(43)34-63)57(45)58-50(65-2)20-12-24-56(58)67-52-22-10-8-18-47(52)49-33-38(26-28-54(49)67)44-16-6-4-14-40(44)35-64/h3-33H,1H3. The molecule has 0 saturated carbocycles. The van der Waals surface area contributed by atoms with E-state index in [0.29, 0.717) is 56.0 Å². The van der Waals surface area contributed by atoms with Crippen LogP contribution in [0, 0.1) is 36.2 Å². The van der Waals surface area contributed by atoms with Gasteiger partial charge >= 0.3 is 6.18 Å². The van der Waals surface area contributed by atoms with Crippen LogP contribution in [0.2, 0.25) is 0 Å². The molecule has 2 aromatic heterocycles. The van der Waals surface area contributed by atoms with E-state index >= 15 is 0 Å². The molecule has 316 valence electrons. The first-order valence-electron chi connectivity index (χ1n) is 21.6. The molecule has 0 radical (unpaired) electrons. The molecule has 11 rings (SSSR count). The van der Waals surface area contributed by atoms with Gasteiger partial charge in [-0.25, -0.2) is 4.85 Å². The molecule has 0 saturated heterocycles. The van der Waals surface area contributed by atoms with Crippen molar-refractivity contribution in [3.8, 4) is 68.0 Å². The molecule has 0 N–H and O–H groups in total. The molecule has 5 nitrogen and oxygen atoms in total. The van der Waals surface area contributed by atoms with Crippen LogP contribution in [0.3, 0.4) is 0 Å². The van der Waals surface area contributed by atoms with Crippen LogP contribution < -0.4 is 0 Å². The highest BCUT2D eigenvalue weighted by molar-refractivity contribution is 6.14. The Morgan fingerprint density at radius 2 is 0.940 bits per heavy atom. The second-order valence-corrected chi connectivity index (χ2v) is 16.6. The summed E-state index contributed by atoms with van der Waals surface area (Å²) in [5.74, 6) is 0. The van der Waals surface area contributed by atoms with Crippen LogP contribution in [-0.4, -0.2) is 9.13 Å². The predicted molar refractivity (Wildman–Crippen MR) is 262 cm³/mol. The van der Waals surface area contributed by atoms with E-state index in [0.717, 1.165) is 71.9 Å². The van der Waals surface area contributed by atoms with Gasteiger partial charge in [0.2, 0.25) is 0 Å². The number of benzene rings is 9. The molecule has 11 aromatic rings. The third-order valence-electron chi connectivity index (χ3n) is 12.7. The summed E-state index contributed by atoms with van der Waals surface area (Å²) in [5, 5.41) is 23.8. The van der Waals surface area contributed by atoms with Gasteiger partial charge in [-0.2, -0.15) is 23.7 Å². The highest BCUT2D eigenvalue weighted by Crippen LogP contribution is 2.49. The number of aromatic nitrogens is 2. The Hall–Kier alpha value is -9.16. The fourth-order valence-corrected chi connectivity index (χ4v) is 9.86. The number of hydrogen-bond donors (Lipinski definition) is 0. The SMILES string of the molecule is [C-]#[N+]c1cccc(-n2c3ccccc3c3cc(-c4ccccc4C#N)ccc32)c1-c1c(-c2cc(C)cc(C(F)(F)F)c2)cccc1-n1c2ccccc2c2cc(-c3ccccc3C#N)ccc21. The van der Waals surface area contributed by atoms with E-state index < -0.39 is 11.7 Å². The van der Waals surface area contributed by atoms with Crippen LogP contribution in [0.25, 0.3) is 104 Å². The van der Waals surface area contributed by atoms with Crippen molar-refractivity contribution in [1.82, 2.24) is 9.13 Å². The summed E-state index contributed by atoms with van der Waals surface area (Å²) in [6.07, 6.45) is -4.61. The van der Waals surface area contributed by atoms with Crippen LogP contribution in [0.5, 0.6) is 0 Å². The topological polar surface area (TPSA) is 61.8 Å². The molecule has 67 heavy (non-hydrogen) atoms. The van der Waals surface area contributed by atoms with Gasteiger partial charge in [-0.1, -0.05) is 115 Å². The lowest BCUT2D eigenvalue weighted by atomic mass is 9.89. The molecule has 0 aliphatic rings. The van der Waals surface area contributed by atoms with E-state index in [-0.39, 0.29) is 0 Å². The number of aryl methyl sites for hydroxylation is 1. The van der Waals surface area contributed by atoms with Gasteiger partial charge in [0, 0.05) is 38.4 Å². The Kier molecular flexibility index (Phi) is 9.59. The van der Waals surface area contributed by atoms with E-state index in [4.69, 9.17) is 6.57 Å². The van der Waals surface area contributed by atoms with Crippen molar-refractivity contribution in [1.29, 1.82) is 10.5 Å². The Morgan fingerprint density at radius 1 is 0.463 bits per heavy atom. The first-order chi connectivity index (χ1) is 32.7.